The van der Waals surface area contributed by atoms with Crippen molar-refractivity contribution in [3.05, 3.63) is 53.0 Å². The molecule has 0 N–H and O–H groups in total. The minimum Gasteiger partial charge on any atom is -0.456 e. The van der Waals surface area contributed by atoms with E-state index in [1.54, 1.807) is 19.9 Å². The lowest BCUT2D eigenvalue weighted by Gasteiger charge is -2.57. The Morgan fingerprint density at radius 1 is 0.667 bits per heavy atom. The molecule has 12 nitrogen and oxygen atoms in total. The van der Waals surface area contributed by atoms with E-state index in [-0.39, 0.29) is 42.3 Å². The van der Waals surface area contributed by atoms with Crippen molar-refractivity contribution in [3.8, 4) is 5.75 Å². The molecule has 57 heavy (non-hydrogen) atoms. The van der Waals surface area contributed by atoms with Crippen LogP contribution in [0.4, 0.5) is 26.3 Å². The highest BCUT2D eigenvalue weighted by molar-refractivity contribution is 7.48. The van der Waals surface area contributed by atoms with Crippen LogP contribution in [0.15, 0.2) is 53.0 Å². The number of ether oxygens (including phenoxy) is 4. The van der Waals surface area contributed by atoms with E-state index >= 15 is 0 Å². The summed E-state index contributed by atoms with van der Waals surface area (Å²) < 4.78 is 145. The Bertz CT molecular complexity index is 1750. The molecule has 1 aromatic rings. The number of alkyl halides is 6. The number of hydrogen-bond acceptors (Lipinski definition) is 12. The van der Waals surface area contributed by atoms with Gasteiger partial charge in [-0.2, -0.15) is 26.3 Å². The first-order valence-corrected chi connectivity index (χ1v) is 20.9. The topological polar surface area (TPSA) is 119 Å². The molecule has 2 spiro atoms. The monoisotopic (exact) mass is 838 g/mol. The van der Waals surface area contributed by atoms with Crippen molar-refractivity contribution in [1.82, 2.24) is 0 Å². The van der Waals surface area contributed by atoms with Crippen molar-refractivity contribution < 1.29 is 83.0 Å². The van der Waals surface area contributed by atoms with Crippen molar-refractivity contribution in [2.75, 3.05) is 13.2 Å². The maximum atomic E-state index is 15.0. The molecule has 11 rings (SSSR count). The number of benzene rings is 1. The van der Waals surface area contributed by atoms with E-state index in [2.05, 4.69) is 0 Å². The van der Waals surface area contributed by atoms with Gasteiger partial charge in [-0.3, -0.25) is 9.05 Å². The zero-order valence-corrected chi connectivity index (χ0v) is 32.6. The normalized spacial score (nSPS) is 43.5. The molecule has 19 heteroatoms. The van der Waals surface area contributed by atoms with Crippen LogP contribution in [-0.4, -0.2) is 60.9 Å². The minimum absolute atomic E-state index is 0.00754. The van der Waals surface area contributed by atoms with Gasteiger partial charge in [0.1, 0.15) is 5.75 Å². The fraction of sp³-hybridized carbons (Fsp3) is 0.737. The van der Waals surface area contributed by atoms with E-state index < -0.39 is 103 Å². The summed E-state index contributed by atoms with van der Waals surface area (Å²) in [5.74, 6) is -8.40. The Morgan fingerprint density at radius 3 is 1.53 bits per heavy atom. The second kappa shape index (κ2) is 13.5. The van der Waals surface area contributed by atoms with Gasteiger partial charge in [-0.05, 0) is 76.3 Å². The zero-order valence-electron chi connectivity index (χ0n) is 31.7. The standard InChI is InChI=1S/C38H45F6O12P/c1-20-10-12-27-23(29(37(39,40)41)48-31-35(27)25(20)14-16-33(3,50-31)53-55-35)18-46-57(45,52-22-8-6-5-7-9-22)47-19-24-28-13-11-21(2)26-15-17-34(4)51-32(36(26,28)56-54-34)49-30(24)38(42,43)44/h5-9,20-21,25-28,31-32H,10-19H2,1-4H3/t20-,21-,25?,26?,27+,28+,31-,32-,33+,34+,35-,36-,57?/m1/s1. The Kier molecular flexibility index (Phi) is 9.51. The van der Waals surface area contributed by atoms with Gasteiger partial charge < -0.3 is 23.5 Å². The highest BCUT2D eigenvalue weighted by atomic mass is 31.2. The van der Waals surface area contributed by atoms with Crippen LogP contribution in [0.1, 0.15) is 79.1 Å². The summed E-state index contributed by atoms with van der Waals surface area (Å²) in [7, 11) is -5.10. The van der Waals surface area contributed by atoms with Crippen LogP contribution in [0.5, 0.6) is 5.75 Å². The van der Waals surface area contributed by atoms with Gasteiger partial charge in [0.25, 0.3) is 0 Å². The number of fused-ring (bicyclic) bond motifs is 4. The Hall–Kier alpha value is -2.41. The molecule has 8 aliphatic heterocycles. The van der Waals surface area contributed by atoms with E-state index in [9.17, 15) is 30.9 Å². The summed E-state index contributed by atoms with van der Waals surface area (Å²) in [5, 5.41) is 0. The lowest BCUT2D eigenvalue weighted by atomic mass is 9.59. The predicted molar refractivity (Wildman–Crippen MR) is 180 cm³/mol. The number of phosphoric ester groups is 1. The lowest BCUT2D eigenvalue weighted by Crippen LogP contribution is -2.67. The number of hydrogen-bond donors (Lipinski definition) is 0. The molecule has 8 heterocycles. The van der Waals surface area contributed by atoms with Crippen LogP contribution >= 0.6 is 7.82 Å². The first-order valence-electron chi connectivity index (χ1n) is 19.5. The SMILES string of the molecule is C[C@@H]1CC[C@H]2C(COP(=O)(OCC3=C(C(F)(F)F)O[C@@H]4O[C@]5(C)CCC6[C@H](C)CC[C@@H]3[C@]64OO5)Oc3ccccc3)=C(C(F)(F)F)O[C@@H]3O[C@]4(C)CCC1[C@]32OO4. The molecule has 4 bridgehead atoms. The van der Waals surface area contributed by atoms with Crippen LogP contribution in [0.2, 0.25) is 0 Å². The van der Waals surface area contributed by atoms with Crippen LogP contribution < -0.4 is 4.52 Å². The number of halogens is 6. The second-order valence-corrected chi connectivity index (χ2v) is 18.6. The van der Waals surface area contributed by atoms with Crippen LogP contribution in [0.3, 0.4) is 0 Å². The van der Waals surface area contributed by atoms with E-state index in [0.717, 1.165) is 0 Å². The summed E-state index contributed by atoms with van der Waals surface area (Å²) >= 11 is 0. The number of allylic oxidation sites excluding steroid dienone is 2. The van der Waals surface area contributed by atoms with Gasteiger partial charge in [-0.15, -0.1) is 0 Å². The third kappa shape index (κ3) is 6.46. The smallest absolute Gasteiger partial charge is 0.456 e. The average molecular weight is 839 g/mol. The van der Waals surface area contributed by atoms with E-state index in [1.165, 1.54) is 24.3 Å². The molecule has 10 aliphatic rings. The molecule has 1 aromatic carbocycles. The fourth-order valence-corrected chi connectivity index (χ4v) is 12.0. The molecule has 12 atom stereocenters. The van der Waals surface area contributed by atoms with E-state index in [4.69, 9.17) is 52.1 Å². The quantitative estimate of drug-likeness (QED) is 0.141. The van der Waals surface area contributed by atoms with Gasteiger partial charge >= 0.3 is 20.2 Å². The minimum atomic E-state index is -5.10. The third-order valence-electron chi connectivity index (χ3n) is 13.5. The molecule has 2 saturated carbocycles. The van der Waals surface area contributed by atoms with Crippen molar-refractivity contribution >= 4 is 7.82 Å². The first-order chi connectivity index (χ1) is 26.8. The van der Waals surface area contributed by atoms with Crippen molar-refractivity contribution in [2.45, 2.75) is 127 Å². The predicted octanol–water partition coefficient (Wildman–Crippen LogP) is 9.33. The molecular weight excluding hydrogens is 793 g/mol. The van der Waals surface area contributed by atoms with Gasteiger partial charge in [0, 0.05) is 47.7 Å². The molecular formula is C38H45F6O12P. The van der Waals surface area contributed by atoms with Gasteiger partial charge in [0.05, 0.1) is 13.2 Å². The lowest BCUT2D eigenvalue weighted by molar-refractivity contribution is -0.557. The Labute approximate surface area is 324 Å². The van der Waals surface area contributed by atoms with Crippen molar-refractivity contribution in [3.63, 3.8) is 0 Å². The van der Waals surface area contributed by atoms with Crippen molar-refractivity contribution in [2.24, 2.45) is 35.5 Å². The summed E-state index contributed by atoms with van der Waals surface area (Å²) in [4.78, 5) is 23.5. The third-order valence-corrected chi connectivity index (χ3v) is 14.9. The zero-order chi connectivity index (χ0) is 40.4. The Balaban J connectivity index is 1.08. The van der Waals surface area contributed by atoms with Gasteiger partial charge in [0.2, 0.25) is 35.7 Å². The number of phosphoric acid groups is 1. The molecule has 0 amide bonds. The maximum absolute atomic E-state index is 15.0. The first kappa shape index (κ1) is 40.0. The number of para-hydroxylation sites is 1. The molecule has 2 aliphatic carbocycles. The molecule has 0 aromatic heterocycles. The molecule has 6 saturated heterocycles. The summed E-state index contributed by atoms with van der Waals surface area (Å²) in [6.07, 6.45) is -10.0. The molecule has 316 valence electrons. The van der Waals surface area contributed by atoms with Gasteiger partial charge in [0.15, 0.2) is 11.2 Å². The van der Waals surface area contributed by atoms with Crippen LogP contribution in [-0.2, 0) is 52.1 Å². The highest BCUT2D eigenvalue weighted by Crippen LogP contribution is 2.64. The second-order valence-electron chi connectivity index (χ2n) is 17.1. The Morgan fingerprint density at radius 2 is 1.11 bits per heavy atom. The largest absolute Gasteiger partial charge is 0.530 e. The van der Waals surface area contributed by atoms with Crippen molar-refractivity contribution in [1.29, 1.82) is 0 Å². The number of rotatable bonds is 8. The van der Waals surface area contributed by atoms with Gasteiger partial charge in [-0.25, -0.2) is 24.1 Å². The highest BCUT2D eigenvalue weighted by Gasteiger charge is 2.72. The van der Waals surface area contributed by atoms with E-state index in [1.807, 2.05) is 13.8 Å². The van der Waals surface area contributed by atoms with Crippen LogP contribution in [0, 0.1) is 35.5 Å². The molecule has 8 fully saturated rings. The van der Waals surface area contributed by atoms with Gasteiger partial charge in [-0.1, -0.05) is 32.0 Å². The summed E-state index contributed by atoms with van der Waals surface area (Å²) in [6.45, 7) is 5.07. The average Bonchev–Trinajstić information content (AvgIpc) is 3.52. The molecule has 0 radical (unpaired) electrons. The van der Waals surface area contributed by atoms with E-state index in [0.29, 0.717) is 38.5 Å². The maximum Gasteiger partial charge on any atom is 0.530 e. The molecule has 2 unspecified atom stereocenters. The fourth-order valence-electron chi connectivity index (χ4n) is 10.8. The summed E-state index contributed by atoms with van der Waals surface area (Å²) in [5.41, 5.74) is -3.91. The van der Waals surface area contributed by atoms with Crippen LogP contribution in [0.25, 0.3) is 0 Å². The summed E-state index contributed by atoms with van der Waals surface area (Å²) in [6, 6.07) is 7.47.